The second kappa shape index (κ2) is 9.23. The number of halogens is 2. The van der Waals surface area contributed by atoms with Crippen molar-refractivity contribution in [2.75, 3.05) is 5.32 Å². The number of imidazole rings is 1. The molecule has 11 nitrogen and oxygen atoms in total. The molecule has 0 spiro atoms. The van der Waals surface area contributed by atoms with Crippen LogP contribution in [0.2, 0.25) is 5.02 Å². The molecule has 13 heteroatoms. The summed E-state index contributed by atoms with van der Waals surface area (Å²) in [5, 5.41) is 17.7. The first-order chi connectivity index (χ1) is 18.8. The van der Waals surface area contributed by atoms with Gasteiger partial charge < -0.3 is 5.32 Å². The molecule has 0 aliphatic heterocycles. The molecule has 4 aromatic heterocycles. The van der Waals surface area contributed by atoms with Crippen molar-refractivity contribution in [2.45, 2.75) is 6.54 Å². The van der Waals surface area contributed by atoms with Crippen molar-refractivity contribution in [2.24, 2.45) is 7.05 Å². The third-order valence-corrected chi connectivity index (χ3v) is 6.46. The highest BCUT2D eigenvalue weighted by Gasteiger charge is 2.19. The summed E-state index contributed by atoms with van der Waals surface area (Å²) >= 11 is 6.49. The van der Waals surface area contributed by atoms with Crippen molar-refractivity contribution in [3.8, 4) is 11.9 Å². The lowest BCUT2D eigenvalue weighted by molar-refractivity contribution is 0.619. The van der Waals surface area contributed by atoms with E-state index in [1.165, 1.54) is 22.9 Å². The van der Waals surface area contributed by atoms with Gasteiger partial charge in [0.15, 0.2) is 0 Å². The third kappa shape index (κ3) is 4.20. The molecule has 6 rings (SSSR count). The van der Waals surface area contributed by atoms with Gasteiger partial charge in [-0.05, 0) is 42.0 Å². The first-order valence-corrected chi connectivity index (χ1v) is 11.9. The molecule has 0 atom stereocenters. The summed E-state index contributed by atoms with van der Waals surface area (Å²) in [6, 6.07) is 14.4. The van der Waals surface area contributed by atoms with Crippen LogP contribution in [0.25, 0.3) is 22.4 Å². The molecule has 0 fully saturated rings. The molecule has 0 amide bonds. The van der Waals surface area contributed by atoms with Gasteiger partial charge in [0.1, 0.15) is 23.4 Å². The van der Waals surface area contributed by atoms with E-state index >= 15 is 0 Å². The van der Waals surface area contributed by atoms with E-state index in [0.717, 1.165) is 16.0 Å². The van der Waals surface area contributed by atoms with E-state index in [-0.39, 0.29) is 23.9 Å². The summed E-state index contributed by atoms with van der Waals surface area (Å²) in [6.07, 6.45) is 4.86. The molecule has 2 aromatic carbocycles. The molecule has 0 aliphatic rings. The Labute approximate surface area is 223 Å². The number of anilines is 2. The fourth-order valence-corrected chi connectivity index (χ4v) is 4.54. The van der Waals surface area contributed by atoms with Gasteiger partial charge in [-0.1, -0.05) is 23.7 Å². The van der Waals surface area contributed by atoms with Crippen molar-refractivity contribution in [1.29, 1.82) is 5.26 Å². The maximum Gasteiger partial charge on any atom is 0.360 e. The number of nitrogens with one attached hydrogen (secondary N) is 1. The molecular formula is C26H17ClFN9O2. The van der Waals surface area contributed by atoms with Gasteiger partial charge in [0.05, 0.1) is 34.5 Å². The van der Waals surface area contributed by atoms with Gasteiger partial charge in [-0.25, -0.2) is 19.0 Å². The molecule has 1 N–H and O–H groups in total. The van der Waals surface area contributed by atoms with E-state index < -0.39 is 17.2 Å². The quantitative estimate of drug-likeness (QED) is 0.354. The Bertz CT molecular complexity index is 2080. The molecule has 0 saturated heterocycles. The molecule has 0 radical (unpaired) electrons. The zero-order valence-electron chi connectivity index (χ0n) is 20.2. The van der Waals surface area contributed by atoms with Crippen LogP contribution in [-0.2, 0) is 13.6 Å². The average molecular weight is 542 g/mol. The van der Waals surface area contributed by atoms with Crippen molar-refractivity contribution in [3.63, 3.8) is 0 Å². The van der Waals surface area contributed by atoms with Crippen molar-refractivity contribution in [3.05, 3.63) is 110 Å². The largest absolute Gasteiger partial charge is 0.360 e. The Morgan fingerprint density at radius 2 is 2.00 bits per heavy atom. The Hall–Kier alpha value is -5.28. The van der Waals surface area contributed by atoms with Gasteiger partial charge in [0, 0.05) is 24.8 Å². The summed E-state index contributed by atoms with van der Waals surface area (Å²) in [6.45, 7) is -0.132. The van der Waals surface area contributed by atoms with Crippen molar-refractivity contribution >= 4 is 39.8 Å². The van der Waals surface area contributed by atoms with Crippen molar-refractivity contribution < 1.29 is 4.39 Å². The minimum absolute atomic E-state index is 0.0944. The third-order valence-electron chi connectivity index (χ3n) is 6.14. The summed E-state index contributed by atoms with van der Waals surface area (Å²) in [7, 11) is 1.78. The molecule has 39 heavy (non-hydrogen) atoms. The number of hydrogen-bond donors (Lipinski definition) is 1. The lowest BCUT2D eigenvalue weighted by atomic mass is 10.1. The van der Waals surface area contributed by atoms with Crippen LogP contribution in [0.5, 0.6) is 0 Å². The fraction of sp³-hybridized carbons (Fsp3) is 0.0769. The SMILES string of the molecule is Cn1cc2cc(Nc3nc(=O)n(-c4cnc5ccccn45)c(=O)n3Cc3ccc(F)c(C#N)c3)c(Cl)cc2n1. The summed E-state index contributed by atoms with van der Waals surface area (Å²) < 4.78 is 19.3. The van der Waals surface area contributed by atoms with Gasteiger partial charge in [-0.15, -0.1) is 0 Å². The first kappa shape index (κ1) is 24.1. The Balaban J connectivity index is 1.55. The van der Waals surface area contributed by atoms with Crippen molar-refractivity contribution in [1.82, 2.24) is 33.3 Å². The van der Waals surface area contributed by atoms with Crippen LogP contribution >= 0.6 is 11.6 Å². The van der Waals surface area contributed by atoms with Crippen LogP contribution in [0.4, 0.5) is 16.0 Å². The second-order valence-electron chi connectivity index (χ2n) is 8.71. The highest BCUT2D eigenvalue weighted by molar-refractivity contribution is 6.34. The summed E-state index contributed by atoms with van der Waals surface area (Å²) in [4.78, 5) is 35.6. The molecule has 6 aromatic rings. The molecular weight excluding hydrogens is 525 g/mol. The van der Waals surface area contributed by atoms with Gasteiger partial charge in [0.25, 0.3) is 0 Å². The van der Waals surface area contributed by atoms with Crippen LogP contribution in [0.3, 0.4) is 0 Å². The molecule has 0 saturated carbocycles. The predicted octanol–water partition coefficient (Wildman–Crippen LogP) is 3.38. The lowest BCUT2D eigenvalue weighted by Crippen LogP contribution is -2.42. The number of benzene rings is 2. The number of pyridine rings is 1. The average Bonchev–Trinajstić information content (AvgIpc) is 3.49. The Morgan fingerprint density at radius 1 is 1.15 bits per heavy atom. The van der Waals surface area contributed by atoms with E-state index in [9.17, 15) is 19.2 Å². The van der Waals surface area contributed by atoms with E-state index in [1.807, 2.05) is 0 Å². The number of rotatable bonds is 5. The molecule has 0 bridgehead atoms. The monoisotopic (exact) mass is 541 g/mol. The van der Waals surface area contributed by atoms with Gasteiger partial charge in [-0.3, -0.25) is 13.6 Å². The van der Waals surface area contributed by atoms with E-state index in [4.69, 9.17) is 11.6 Å². The molecule has 0 unspecified atom stereocenters. The van der Waals surface area contributed by atoms with Gasteiger partial charge in [0.2, 0.25) is 5.95 Å². The van der Waals surface area contributed by atoms with Gasteiger partial charge >= 0.3 is 11.4 Å². The lowest BCUT2D eigenvalue weighted by Gasteiger charge is -2.16. The van der Waals surface area contributed by atoms with Gasteiger partial charge in [-0.2, -0.15) is 19.9 Å². The van der Waals surface area contributed by atoms with Crippen LogP contribution in [0.1, 0.15) is 11.1 Å². The molecule has 4 heterocycles. The number of nitrogens with zero attached hydrogens (tertiary/aromatic N) is 8. The number of aryl methyl sites for hydroxylation is 1. The van der Waals surface area contributed by atoms with E-state index in [2.05, 4.69) is 20.4 Å². The maximum atomic E-state index is 14.0. The van der Waals surface area contributed by atoms with Crippen LogP contribution in [0.15, 0.2) is 76.7 Å². The Morgan fingerprint density at radius 3 is 2.82 bits per heavy atom. The highest BCUT2D eigenvalue weighted by atomic mass is 35.5. The molecule has 192 valence electrons. The normalized spacial score (nSPS) is 11.2. The minimum atomic E-state index is -0.847. The minimum Gasteiger partial charge on any atom is -0.324 e. The second-order valence-corrected chi connectivity index (χ2v) is 9.12. The summed E-state index contributed by atoms with van der Waals surface area (Å²) in [5.74, 6) is -0.583. The number of nitriles is 1. The fourth-order valence-electron chi connectivity index (χ4n) is 4.34. The number of hydrogen-bond acceptors (Lipinski definition) is 7. The maximum absolute atomic E-state index is 14.0. The number of aromatic nitrogens is 7. The zero-order chi connectivity index (χ0) is 27.3. The van der Waals surface area contributed by atoms with E-state index in [1.54, 1.807) is 64.9 Å². The smallest absolute Gasteiger partial charge is 0.324 e. The highest BCUT2D eigenvalue weighted by Crippen LogP contribution is 2.29. The Kier molecular flexibility index (Phi) is 5.70. The van der Waals surface area contributed by atoms with E-state index in [0.29, 0.717) is 27.4 Å². The standard InChI is InChI=1S/C26H17ClFN9O2/c1-34-14-17-9-21(18(27)10-20(17)33-34)31-24-32-25(38)37(23-12-30-22-4-2-3-7-35(22)23)26(39)36(24)13-15-5-6-19(28)16(8-15)11-29/h2-10,12,14H,13H2,1H3,(H,31,32,38). The topological polar surface area (TPSA) is 128 Å². The predicted molar refractivity (Wildman–Crippen MR) is 142 cm³/mol. The zero-order valence-corrected chi connectivity index (χ0v) is 21.0. The van der Waals surface area contributed by atoms with Crippen LogP contribution in [-0.4, -0.2) is 33.3 Å². The summed E-state index contributed by atoms with van der Waals surface area (Å²) in [5.41, 5.74) is 0.268. The van der Waals surface area contributed by atoms with Crippen LogP contribution < -0.4 is 16.7 Å². The first-order valence-electron chi connectivity index (χ1n) is 11.6. The number of fused-ring (bicyclic) bond motifs is 2. The molecule has 0 aliphatic carbocycles. The van der Waals surface area contributed by atoms with Crippen LogP contribution in [0, 0.1) is 17.1 Å².